The van der Waals surface area contributed by atoms with Crippen molar-refractivity contribution in [2.75, 3.05) is 7.05 Å². The van der Waals surface area contributed by atoms with Crippen LogP contribution in [-0.4, -0.2) is 32.3 Å². The molecule has 90 valence electrons. The van der Waals surface area contributed by atoms with Crippen LogP contribution in [0.2, 0.25) is 0 Å². The molecule has 0 aliphatic rings. The zero-order valence-corrected chi connectivity index (χ0v) is 10.4. The molecule has 5 nitrogen and oxygen atoms in total. The fourth-order valence-electron chi connectivity index (χ4n) is 1.58. The average molecular weight is 231 g/mol. The predicted octanol–water partition coefficient (Wildman–Crippen LogP) is 1.20. The highest BCUT2D eigenvalue weighted by molar-refractivity contribution is 5.24. The largest absolute Gasteiger partial charge is 0.314 e. The molecule has 0 spiro atoms. The van der Waals surface area contributed by atoms with Gasteiger partial charge in [-0.2, -0.15) is 5.10 Å². The van der Waals surface area contributed by atoms with Crippen LogP contribution in [0.15, 0.2) is 31.0 Å². The van der Waals surface area contributed by atoms with Gasteiger partial charge in [-0.3, -0.25) is 0 Å². The van der Waals surface area contributed by atoms with E-state index >= 15 is 0 Å². The summed E-state index contributed by atoms with van der Waals surface area (Å²) < 4.78 is 1.65. The second-order valence-corrected chi connectivity index (χ2v) is 4.68. The number of nitrogens with one attached hydrogen (secondary N) is 1. The van der Waals surface area contributed by atoms with E-state index < -0.39 is 0 Å². The maximum absolute atomic E-state index is 4.37. The molecule has 2 rings (SSSR count). The van der Waals surface area contributed by atoms with E-state index in [0.29, 0.717) is 0 Å². The van der Waals surface area contributed by atoms with Crippen LogP contribution < -0.4 is 5.32 Å². The Labute approximate surface area is 101 Å². The van der Waals surface area contributed by atoms with E-state index in [9.17, 15) is 0 Å². The maximum Gasteiger partial charge on any atom is 0.155 e. The van der Waals surface area contributed by atoms with Gasteiger partial charge in [0.1, 0.15) is 12.7 Å². The van der Waals surface area contributed by atoms with Crippen LogP contribution in [-0.2, 0) is 6.42 Å². The molecule has 5 heteroatoms. The van der Waals surface area contributed by atoms with E-state index in [1.807, 2.05) is 19.3 Å². The number of likely N-dealkylation sites (N-methyl/N-ethyl adjacent to an activating group) is 1. The van der Waals surface area contributed by atoms with Crippen LogP contribution in [0.3, 0.4) is 0 Å². The van der Waals surface area contributed by atoms with Crippen molar-refractivity contribution in [3.8, 4) is 5.82 Å². The van der Waals surface area contributed by atoms with Gasteiger partial charge >= 0.3 is 0 Å². The normalized spacial score (nSPS) is 11.7. The molecule has 0 atom stereocenters. The minimum absolute atomic E-state index is 0.0798. The minimum Gasteiger partial charge on any atom is -0.314 e. The SMILES string of the molecule is CNC(C)(C)Cc1ccc(-n2cncn2)nc1. The van der Waals surface area contributed by atoms with Crippen LogP contribution >= 0.6 is 0 Å². The highest BCUT2D eigenvalue weighted by Crippen LogP contribution is 2.12. The smallest absolute Gasteiger partial charge is 0.155 e. The predicted molar refractivity (Wildman–Crippen MR) is 66.0 cm³/mol. The van der Waals surface area contributed by atoms with E-state index in [4.69, 9.17) is 0 Å². The summed E-state index contributed by atoms with van der Waals surface area (Å²) >= 11 is 0. The fraction of sp³-hybridized carbons (Fsp3) is 0.417. The van der Waals surface area contributed by atoms with Crippen molar-refractivity contribution in [1.29, 1.82) is 0 Å². The first-order chi connectivity index (χ1) is 8.11. The second kappa shape index (κ2) is 4.63. The van der Waals surface area contributed by atoms with Gasteiger partial charge in [-0.25, -0.2) is 14.6 Å². The van der Waals surface area contributed by atoms with Gasteiger partial charge in [0.2, 0.25) is 0 Å². The summed E-state index contributed by atoms with van der Waals surface area (Å²) in [7, 11) is 1.97. The summed E-state index contributed by atoms with van der Waals surface area (Å²) in [6.07, 6.45) is 5.96. The molecule has 0 unspecified atom stereocenters. The lowest BCUT2D eigenvalue weighted by Gasteiger charge is -2.23. The van der Waals surface area contributed by atoms with Gasteiger partial charge < -0.3 is 5.32 Å². The molecule has 2 aromatic heterocycles. The summed E-state index contributed by atoms with van der Waals surface area (Å²) in [5, 5.41) is 7.31. The van der Waals surface area contributed by atoms with Crippen LogP contribution in [0.4, 0.5) is 0 Å². The Morgan fingerprint density at radius 1 is 1.35 bits per heavy atom. The Hall–Kier alpha value is -1.75. The molecule has 1 N–H and O–H groups in total. The zero-order chi connectivity index (χ0) is 12.3. The quantitative estimate of drug-likeness (QED) is 0.859. The Balaban J connectivity index is 2.14. The number of hydrogen-bond donors (Lipinski definition) is 1. The lowest BCUT2D eigenvalue weighted by Crippen LogP contribution is -2.38. The minimum atomic E-state index is 0.0798. The van der Waals surface area contributed by atoms with Gasteiger partial charge in [0.15, 0.2) is 5.82 Å². The standard InChI is InChI=1S/C12H17N5/c1-12(2,13-3)6-10-4-5-11(15-7-10)17-9-14-8-16-17/h4-5,7-9,13H,6H2,1-3H3. The van der Waals surface area contributed by atoms with Gasteiger partial charge in [-0.15, -0.1) is 0 Å². The third-order valence-electron chi connectivity index (χ3n) is 2.79. The Morgan fingerprint density at radius 3 is 2.71 bits per heavy atom. The molecule has 0 aliphatic heterocycles. The van der Waals surface area contributed by atoms with Crippen LogP contribution in [0.25, 0.3) is 5.82 Å². The molecular formula is C12H17N5. The molecule has 0 aliphatic carbocycles. The monoisotopic (exact) mass is 231 g/mol. The molecule has 2 heterocycles. The van der Waals surface area contributed by atoms with E-state index in [2.05, 4.69) is 40.3 Å². The molecular weight excluding hydrogens is 214 g/mol. The average Bonchev–Trinajstić information content (AvgIpc) is 2.83. The first-order valence-corrected chi connectivity index (χ1v) is 5.59. The van der Waals surface area contributed by atoms with Crippen molar-refractivity contribution in [3.05, 3.63) is 36.5 Å². The molecule has 2 aromatic rings. The zero-order valence-electron chi connectivity index (χ0n) is 10.4. The highest BCUT2D eigenvalue weighted by Gasteiger charge is 2.15. The molecule has 0 fully saturated rings. The molecule has 0 saturated carbocycles. The van der Waals surface area contributed by atoms with Crippen molar-refractivity contribution < 1.29 is 0 Å². The highest BCUT2D eigenvalue weighted by atomic mass is 15.3. The molecule has 0 radical (unpaired) electrons. The second-order valence-electron chi connectivity index (χ2n) is 4.68. The maximum atomic E-state index is 4.37. The summed E-state index contributed by atoms with van der Waals surface area (Å²) in [5.41, 5.74) is 1.28. The van der Waals surface area contributed by atoms with Crippen molar-refractivity contribution in [2.45, 2.75) is 25.8 Å². The van der Waals surface area contributed by atoms with Gasteiger partial charge in [-0.1, -0.05) is 6.07 Å². The molecule has 0 bridgehead atoms. The third kappa shape index (κ3) is 2.88. The van der Waals surface area contributed by atoms with Crippen LogP contribution in [0, 0.1) is 0 Å². The van der Waals surface area contributed by atoms with Gasteiger partial charge in [0, 0.05) is 11.7 Å². The van der Waals surface area contributed by atoms with Crippen molar-refractivity contribution >= 4 is 0 Å². The van der Waals surface area contributed by atoms with E-state index in [-0.39, 0.29) is 5.54 Å². The fourth-order valence-corrected chi connectivity index (χ4v) is 1.58. The van der Waals surface area contributed by atoms with E-state index in [1.165, 1.54) is 11.9 Å². The molecule has 0 aromatic carbocycles. The Morgan fingerprint density at radius 2 is 2.18 bits per heavy atom. The van der Waals surface area contributed by atoms with Gasteiger partial charge in [-0.05, 0) is 38.9 Å². The van der Waals surface area contributed by atoms with Gasteiger partial charge in [0.05, 0.1) is 0 Å². The van der Waals surface area contributed by atoms with Crippen molar-refractivity contribution in [2.24, 2.45) is 0 Å². The molecule has 0 saturated heterocycles. The first kappa shape index (κ1) is 11.7. The Bertz CT molecular complexity index is 458. The number of hydrogen-bond acceptors (Lipinski definition) is 4. The Kier molecular flexibility index (Phi) is 3.19. The summed E-state index contributed by atoms with van der Waals surface area (Å²) in [4.78, 5) is 8.27. The lowest BCUT2D eigenvalue weighted by atomic mass is 9.96. The molecule has 17 heavy (non-hydrogen) atoms. The van der Waals surface area contributed by atoms with Crippen LogP contribution in [0.5, 0.6) is 0 Å². The van der Waals surface area contributed by atoms with Crippen molar-refractivity contribution in [3.63, 3.8) is 0 Å². The number of aromatic nitrogens is 4. The van der Waals surface area contributed by atoms with Gasteiger partial charge in [0.25, 0.3) is 0 Å². The number of pyridine rings is 1. The number of nitrogens with zero attached hydrogens (tertiary/aromatic N) is 4. The van der Waals surface area contributed by atoms with E-state index in [1.54, 1.807) is 11.0 Å². The van der Waals surface area contributed by atoms with Crippen LogP contribution in [0.1, 0.15) is 19.4 Å². The summed E-state index contributed by atoms with van der Waals surface area (Å²) in [6, 6.07) is 4.03. The summed E-state index contributed by atoms with van der Waals surface area (Å²) in [6.45, 7) is 4.33. The first-order valence-electron chi connectivity index (χ1n) is 5.59. The molecule has 0 amide bonds. The van der Waals surface area contributed by atoms with Crippen molar-refractivity contribution in [1.82, 2.24) is 25.1 Å². The third-order valence-corrected chi connectivity index (χ3v) is 2.79. The lowest BCUT2D eigenvalue weighted by molar-refractivity contribution is 0.421. The van der Waals surface area contributed by atoms with E-state index in [0.717, 1.165) is 12.2 Å². The topological polar surface area (TPSA) is 55.6 Å². The summed E-state index contributed by atoms with van der Waals surface area (Å²) in [5.74, 6) is 0.786. The number of rotatable bonds is 4.